The van der Waals surface area contributed by atoms with Gasteiger partial charge in [0.15, 0.2) is 11.6 Å². The first kappa shape index (κ1) is 20.1. The molecular weight excluding hydrogens is 450 g/mol. The zero-order chi connectivity index (χ0) is 23.7. The first-order valence-corrected chi connectivity index (χ1v) is 12.4. The van der Waals surface area contributed by atoms with Gasteiger partial charge in [-0.1, -0.05) is 60.7 Å². The molecule has 3 nitrogen and oxygen atoms in total. The Hall–Kier alpha value is -4.28. The van der Waals surface area contributed by atoms with Crippen LogP contribution in [0.25, 0.3) is 43.7 Å². The molecule has 0 fully saturated rings. The number of thiophene rings is 1. The summed E-state index contributed by atoms with van der Waals surface area (Å²) in [6.45, 7) is 2.08. The van der Waals surface area contributed by atoms with E-state index in [1.54, 1.807) is 17.4 Å². The van der Waals surface area contributed by atoms with Crippen molar-refractivity contribution in [1.29, 1.82) is 0 Å². The highest BCUT2D eigenvalue weighted by molar-refractivity contribution is 7.20. The Bertz CT molecular complexity index is 1830. The molecule has 1 aliphatic carbocycles. The van der Waals surface area contributed by atoms with E-state index in [1.165, 1.54) is 10.8 Å². The Balaban J connectivity index is 1.44. The number of carbonyl (C=O) groups excluding carboxylic acids is 2. The number of rotatable bonds is 2. The van der Waals surface area contributed by atoms with Crippen molar-refractivity contribution in [3.8, 4) is 5.69 Å². The van der Waals surface area contributed by atoms with Crippen LogP contribution in [0.2, 0.25) is 0 Å². The van der Waals surface area contributed by atoms with Crippen LogP contribution >= 0.6 is 11.3 Å². The first-order chi connectivity index (χ1) is 17.1. The van der Waals surface area contributed by atoms with E-state index in [2.05, 4.69) is 47.9 Å². The predicted octanol–water partition coefficient (Wildman–Crippen LogP) is 7.77. The highest BCUT2D eigenvalue weighted by Crippen LogP contribution is 2.42. The molecule has 0 N–H and O–H groups in total. The summed E-state index contributed by atoms with van der Waals surface area (Å²) in [7, 11) is 0. The summed E-state index contributed by atoms with van der Waals surface area (Å²) in [6, 6.07) is 30.2. The highest BCUT2D eigenvalue weighted by atomic mass is 32.1. The van der Waals surface area contributed by atoms with Gasteiger partial charge in [0, 0.05) is 32.5 Å². The second kappa shape index (κ2) is 7.36. The number of aryl methyl sites for hydroxylation is 1. The van der Waals surface area contributed by atoms with Crippen LogP contribution in [0.1, 0.15) is 31.2 Å². The Kier molecular flexibility index (Phi) is 4.23. The van der Waals surface area contributed by atoms with Crippen LogP contribution in [0.4, 0.5) is 0 Å². The van der Waals surface area contributed by atoms with E-state index >= 15 is 0 Å². The molecule has 0 saturated heterocycles. The van der Waals surface area contributed by atoms with E-state index < -0.39 is 0 Å². The molecule has 4 heteroatoms. The zero-order valence-electron chi connectivity index (χ0n) is 18.9. The van der Waals surface area contributed by atoms with Gasteiger partial charge in [0.1, 0.15) is 4.83 Å². The van der Waals surface area contributed by atoms with E-state index in [9.17, 15) is 9.59 Å². The van der Waals surface area contributed by atoms with Crippen LogP contribution in [0, 0.1) is 6.92 Å². The van der Waals surface area contributed by atoms with Crippen molar-refractivity contribution in [2.75, 3.05) is 0 Å². The third-order valence-corrected chi connectivity index (χ3v) is 8.16. The van der Waals surface area contributed by atoms with Gasteiger partial charge < -0.3 is 4.57 Å². The second-order valence-electron chi connectivity index (χ2n) is 8.92. The summed E-state index contributed by atoms with van der Waals surface area (Å²) in [6.07, 6.45) is 1.80. The molecule has 7 rings (SSSR count). The highest BCUT2D eigenvalue weighted by Gasteiger charge is 2.34. The van der Waals surface area contributed by atoms with Crippen molar-refractivity contribution >= 4 is 60.9 Å². The van der Waals surface area contributed by atoms with Crippen LogP contribution in [0.5, 0.6) is 0 Å². The van der Waals surface area contributed by atoms with E-state index in [4.69, 9.17) is 0 Å². The number of hydrogen-bond acceptors (Lipinski definition) is 3. The lowest BCUT2D eigenvalue weighted by molar-refractivity contribution is 0.0990. The minimum atomic E-state index is -0.191. The molecule has 2 heterocycles. The molecule has 0 spiro atoms. The van der Waals surface area contributed by atoms with Gasteiger partial charge in [-0.05, 0) is 59.7 Å². The average molecular weight is 470 g/mol. The topological polar surface area (TPSA) is 39.1 Å². The van der Waals surface area contributed by atoms with E-state index in [0.717, 1.165) is 37.2 Å². The average Bonchev–Trinajstić information content (AvgIpc) is 3.47. The van der Waals surface area contributed by atoms with Gasteiger partial charge in [0.05, 0.1) is 11.1 Å². The Labute approximate surface area is 205 Å². The molecule has 35 heavy (non-hydrogen) atoms. The fourth-order valence-electron chi connectivity index (χ4n) is 5.22. The number of para-hydroxylation sites is 2. The molecule has 0 atom stereocenters. The molecule has 0 aliphatic heterocycles. The van der Waals surface area contributed by atoms with Gasteiger partial charge in [0.2, 0.25) is 0 Å². The number of fused-ring (bicyclic) bond motifs is 5. The summed E-state index contributed by atoms with van der Waals surface area (Å²) >= 11 is 1.63. The van der Waals surface area contributed by atoms with Gasteiger partial charge in [-0.3, -0.25) is 9.59 Å². The van der Waals surface area contributed by atoms with Crippen LogP contribution in [-0.4, -0.2) is 16.1 Å². The van der Waals surface area contributed by atoms with Crippen molar-refractivity contribution in [2.24, 2.45) is 0 Å². The summed E-state index contributed by atoms with van der Waals surface area (Å²) in [5.74, 6) is -0.381. The minimum Gasteiger partial charge on any atom is -0.301 e. The molecule has 4 aromatic carbocycles. The number of aromatic nitrogens is 1. The van der Waals surface area contributed by atoms with Gasteiger partial charge in [0.25, 0.3) is 0 Å². The van der Waals surface area contributed by atoms with Crippen molar-refractivity contribution in [2.45, 2.75) is 6.92 Å². The Morgan fingerprint density at radius 1 is 0.743 bits per heavy atom. The van der Waals surface area contributed by atoms with Crippen molar-refractivity contribution in [3.05, 3.63) is 118 Å². The lowest BCUT2D eigenvalue weighted by Crippen LogP contribution is -2.00. The fourth-order valence-corrected chi connectivity index (χ4v) is 6.52. The third kappa shape index (κ3) is 2.84. The smallest absolute Gasteiger partial charge is 0.197 e. The summed E-state index contributed by atoms with van der Waals surface area (Å²) < 4.78 is 2.27. The summed E-state index contributed by atoms with van der Waals surface area (Å²) in [5, 5.41) is 4.27. The maximum Gasteiger partial charge on any atom is 0.197 e. The number of carbonyl (C=O) groups is 2. The summed E-state index contributed by atoms with van der Waals surface area (Å²) in [5.41, 5.74) is 4.57. The monoisotopic (exact) mass is 469 g/mol. The quantitative estimate of drug-likeness (QED) is 0.192. The lowest BCUT2D eigenvalue weighted by atomic mass is 10.0. The molecule has 166 valence electrons. The van der Waals surface area contributed by atoms with Gasteiger partial charge in [-0.2, -0.15) is 0 Å². The van der Waals surface area contributed by atoms with E-state index in [-0.39, 0.29) is 17.1 Å². The van der Waals surface area contributed by atoms with Crippen LogP contribution in [0.15, 0.2) is 96.6 Å². The number of ketones is 2. The number of Topliss-reactive ketones (excluding diaryl/α,β-unsaturated/α-hetero) is 2. The molecule has 0 bridgehead atoms. The molecule has 0 radical (unpaired) electrons. The Morgan fingerprint density at radius 2 is 1.34 bits per heavy atom. The van der Waals surface area contributed by atoms with E-state index in [0.29, 0.717) is 11.1 Å². The normalized spacial score (nSPS) is 13.3. The predicted molar refractivity (Wildman–Crippen MR) is 144 cm³/mol. The Morgan fingerprint density at radius 3 is 2.03 bits per heavy atom. The van der Waals surface area contributed by atoms with Crippen molar-refractivity contribution < 1.29 is 9.59 Å². The van der Waals surface area contributed by atoms with Gasteiger partial charge >= 0.3 is 0 Å². The molecule has 1 aliphatic rings. The summed E-state index contributed by atoms with van der Waals surface area (Å²) in [4.78, 5) is 28.7. The van der Waals surface area contributed by atoms with Crippen molar-refractivity contribution in [1.82, 2.24) is 4.57 Å². The molecule has 6 aromatic rings. The van der Waals surface area contributed by atoms with Crippen LogP contribution < -0.4 is 0 Å². The maximum atomic E-state index is 13.3. The largest absolute Gasteiger partial charge is 0.301 e. The maximum absolute atomic E-state index is 13.3. The number of hydrogen-bond donors (Lipinski definition) is 0. The molecule has 0 amide bonds. The van der Waals surface area contributed by atoms with E-state index in [1.807, 2.05) is 54.6 Å². The first-order valence-electron chi connectivity index (χ1n) is 11.5. The second-order valence-corrected chi connectivity index (χ2v) is 9.95. The van der Waals surface area contributed by atoms with Gasteiger partial charge in [-0.15, -0.1) is 11.3 Å². The van der Waals surface area contributed by atoms with Gasteiger partial charge in [-0.25, -0.2) is 0 Å². The number of nitrogens with zero attached hydrogens (tertiary/aromatic N) is 1. The van der Waals surface area contributed by atoms with Crippen LogP contribution in [-0.2, 0) is 0 Å². The number of benzene rings is 4. The number of allylic oxidation sites excluding steroid dienone is 1. The lowest BCUT2D eigenvalue weighted by Gasteiger charge is -2.06. The zero-order valence-corrected chi connectivity index (χ0v) is 19.7. The molecule has 0 saturated carbocycles. The standard InChI is InChI=1S/C31H19NO2S/c1-18-27(17-25-29(33)23-15-19-9-5-6-10-20(19)16-24(23)30(25)34)35-31-28(18)22-13-7-8-14-26(22)32(31)21-11-3-2-4-12-21/h2-17H,1H3. The van der Waals surface area contributed by atoms with Crippen molar-refractivity contribution in [3.63, 3.8) is 0 Å². The fraction of sp³-hybridized carbons (Fsp3) is 0.0323. The van der Waals surface area contributed by atoms with Crippen LogP contribution in [0.3, 0.4) is 0 Å². The SMILES string of the molecule is Cc1c(C=C2C(=O)c3cc4ccccc4cc3C2=O)sc2c1c1ccccc1n2-c1ccccc1. The minimum absolute atomic E-state index is 0.191. The molecule has 0 unspecified atom stereocenters. The molecular formula is C31H19NO2S. The third-order valence-electron chi connectivity index (χ3n) is 6.94. The molecule has 2 aromatic heterocycles.